The van der Waals surface area contributed by atoms with Gasteiger partial charge in [0.15, 0.2) is 0 Å². The smallest absolute Gasteiger partial charge is 0.259 e. The van der Waals surface area contributed by atoms with Gasteiger partial charge in [0.25, 0.3) is 17.5 Å². The fraction of sp³-hybridized carbons (Fsp3) is 0.417. The predicted octanol–water partition coefficient (Wildman–Crippen LogP) is 3.49. The Morgan fingerprint density at radius 2 is 1.97 bits per heavy atom. The van der Waals surface area contributed by atoms with Crippen LogP contribution >= 0.6 is 0 Å². The fourth-order valence-electron chi connectivity index (χ4n) is 4.55. The third-order valence-electron chi connectivity index (χ3n) is 6.39. The minimum atomic E-state index is -0.179. The summed E-state index contributed by atoms with van der Waals surface area (Å²) in [6, 6.07) is 9.13. The number of rotatable bonds is 5. The van der Waals surface area contributed by atoms with Gasteiger partial charge in [-0.15, -0.1) is 0 Å². The number of carbonyl (C=O) groups is 2. The number of methoxy groups -OCH3 is 1. The van der Waals surface area contributed by atoms with E-state index >= 15 is 0 Å². The first-order valence-corrected chi connectivity index (χ1v) is 11.0. The number of hydrogen-bond acceptors (Lipinski definition) is 6. The Labute approximate surface area is 185 Å². The molecule has 3 aromatic rings. The van der Waals surface area contributed by atoms with E-state index in [9.17, 15) is 9.59 Å². The lowest BCUT2D eigenvalue weighted by atomic mass is 9.91. The highest BCUT2D eigenvalue weighted by Crippen LogP contribution is 2.41. The normalized spacial score (nSPS) is 18.6. The summed E-state index contributed by atoms with van der Waals surface area (Å²) in [5.41, 5.74) is 3.07. The largest absolute Gasteiger partial charge is 0.496 e. The molecule has 3 heterocycles. The second kappa shape index (κ2) is 8.26. The predicted molar refractivity (Wildman–Crippen MR) is 118 cm³/mol. The summed E-state index contributed by atoms with van der Waals surface area (Å²) in [7, 11) is 3.18. The third kappa shape index (κ3) is 3.59. The third-order valence-corrected chi connectivity index (χ3v) is 6.39. The van der Waals surface area contributed by atoms with Gasteiger partial charge in [0.1, 0.15) is 5.75 Å². The Kier molecular flexibility index (Phi) is 5.28. The number of aromatic nitrogens is 2. The molecule has 2 aliphatic rings. The quantitative estimate of drug-likeness (QED) is 0.660. The monoisotopic (exact) mass is 434 g/mol. The van der Waals surface area contributed by atoms with Crippen molar-refractivity contribution in [3.63, 3.8) is 0 Å². The van der Waals surface area contributed by atoms with Crippen molar-refractivity contribution in [1.82, 2.24) is 20.4 Å². The van der Waals surface area contributed by atoms with E-state index in [4.69, 9.17) is 9.26 Å². The zero-order valence-corrected chi connectivity index (χ0v) is 18.3. The number of ether oxygens (including phenoxy) is 1. The number of amides is 2. The van der Waals surface area contributed by atoms with Gasteiger partial charge in [0.05, 0.1) is 29.3 Å². The van der Waals surface area contributed by atoms with Gasteiger partial charge in [0.2, 0.25) is 0 Å². The molecular weight excluding hydrogens is 408 g/mol. The van der Waals surface area contributed by atoms with Crippen LogP contribution < -0.4 is 10.1 Å². The van der Waals surface area contributed by atoms with Crippen LogP contribution in [0.25, 0.3) is 11.1 Å². The van der Waals surface area contributed by atoms with Crippen LogP contribution in [-0.2, 0) is 0 Å². The van der Waals surface area contributed by atoms with Crippen LogP contribution in [0, 0.1) is 0 Å². The van der Waals surface area contributed by atoms with Crippen LogP contribution in [-0.4, -0.2) is 54.1 Å². The van der Waals surface area contributed by atoms with Gasteiger partial charge in [-0.2, -0.15) is 0 Å². The molecule has 1 aliphatic carbocycles. The molecule has 1 saturated carbocycles. The Hall–Kier alpha value is -3.42. The topological polar surface area (TPSA) is 97.6 Å². The second-order valence-corrected chi connectivity index (χ2v) is 8.49. The van der Waals surface area contributed by atoms with E-state index in [2.05, 4.69) is 15.5 Å². The first-order chi connectivity index (χ1) is 15.6. The SMILES string of the molecule is CNC(=O)c1cc(C2CC2)nc2onc(C3CCCN(C(=O)c4ccccc4OC)C3)c12. The summed E-state index contributed by atoms with van der Waals surface area (Å²) in [6.07, 6.45) is 3.85. The number of nitrogens with one attached hydrogen (secondary N) is 1. The summed E-state index contributed by atoms with van der Waals surface area (Å²) < 4.78 is 11.0. The van der Waals surface area contributed by atoms with Crippen LogP contribution in [0.5, 0.6) is 5.75 Å². The number of para-hydroxylation sites is 1. The van der Waals surface area contributed by atoms with Crippen molar-refractivity contribution >= 4 is 22.9 Å². The molecule has 166 valence electrons. The number of fused-ring (bicyclic) bond motifs is 1. The molecule has 0 bridgehead atoms. The van der Waals surface area contributed by atoms with Gasteiger partial charge in [-0.1, -0.05) is 17.3 Å². The van der Waals surface area contributed by atoms with E-state index < -0.39 is 0 Å². The molecule has 1 unspecified atom stereocenters. The lowest BCUT2D eigenvalue weighted by Gasteiger charge is -2.32. The molecule has 0 radical (unpaired) electrons. The molecule has 0 spiro atoms. The van der Waals surface area contributed by atoms with Crippen molar-refractivity contribution in [3.05, 3.63) is 52.8 Å². The lowest BCUT2D eigenvalue weighted by Crippen LogP contribution is -2.39. The van der Waals surface area contributed by atoms with E-state index in [1.165, 1.54) is 0 Å². The number of pyridine rings is 1. The minimum Gasteiger partial charge on any atom is -0.496 e. The van der Waals surface area contributed by atoms with Gasteiger partial charge in [-0.05, 0) is 43.9 Å². The maximum atomic E-state index is 13.2. The van der Waals surface area contributed by atoms with E-state index in [0.717, 1.165) is 31.4 Å². The molecule has 8 heteroatoms. The maximum Gasteiger partial charge on any atom is 0.259 e. The first kappa shape index (κ1) is 20.5. The van der Waals surface area contributed by atoms with E-state index in [1.54, 1.807) is 26.3 Å². The van der Waals surface area contributed by atoms with E-state index in [1.807, 2.05) is 23.1 Å². The van der Waals surface area contributed by atoms with Gasteiger partial charge < -0.3 is 19.5 Å². The number of nitrogens with zero attached hydrogens (tertiary/aromatic N) is 3. The molecule has 2 fully saturated rings. The number of hydrogen-bond donors (Lipinski definition) is 1. The van der Waals surface area contributed by atoms with Gasteiger partial charge in [-0.3, -0.25) is 9.59 Å². The van der Waals surface area contributed by atoms with Crippen LogP contribution in [0.4, 0.5) is 0 Å². The minimum absolute atomic E-state index is 0.0411. The highest BCUT2D eigenvalue weighted by atomic mass is 16.5. The van der Waals surface area contributed by atoms with Crippen molar-refractivity contribution in [2.75, 3.05) is 27.2 Å². The Bertz CT molecular complexity index is 1180. The van der Waals surface area contributed by atoms with Crippen molar-refractivity contribution in [2.45, 2.75) is 37.5 Å². The maximum absolute atomic E-state index is 13.2. The molecule has 8 nitrogen and oxygen atoms in total. The summed E-state index contributed by atoms with van der Waals surface area (Å²) in [4.78, 5) is 32.4. The molecule has 1 aliphatic heterocycles. The average molecular weight is 434 g/mol. The number of likely N-dealkylation sites (tertiary alicyclic amines) is 1. The van der Waals surface area contributed by atoms with Crippen LogP contribution in [0.1, 0.15) is 69.6 Å². The number of carbonyl (C=O) groups excluding carboxylic acids is 2. The first-order valence-electron chi connectivity index (χ1n) is 11.0. The lowest BCUT2D eigenvalue weighted by molar-refractivity contribution is 0.0701. The van der Waals surface area contributed by atoms with Crippen molar-refractivity contribution in [1.29, 1.82) is 0 Å². The molecule has 1 N–H and O–H groups in total. The average Bonchev–Trinajstić information content (AvgIpc) is 3.61. The Morgan fingerprint density at radius 1 is 1.16 bits per heavy atom. The van der Waals surface area contributed by atoms with Gasteiger partial charge in [0, 0.05) is 37.7 Å². The van der Waals surface area contributed by atoms with Crippen molar-refractivity contribution in [3.8, 4) is 5.75 Å². The molecule has 2 amide bonds. The molecule has 1 aromatic carbocycles. The molecule has 5 rings (SSSR count). The molecule has 1 saturated heterocycles. The van der Waals surface area contributed by atoms with E-state index in [-0.39, 0.29) is 17.7 Å². The Balaban J connectivity index is 1.48. The summed E-state index contributed by atoms with van der Waals surface area (Å²) in [6.45, 7) is 1.16. The zero-order chi connectivity index (χ0) is 22.2. The fourth-order valence-corrected chi connectivity index (χ4v) is 4.55. The number of benzene rings is 1. The Morgan fingerprint density at radius 3 is 2.72 bits per heavy atom. The van der Waals surface area contributed by atoms with Crippen LogP contribution in [0.3, 0.4) is 0 Å². The van der Waals surface area contributed by atoms with Crippen molar-refractivity contribution in [2.24, 2.45) is 0 Å². The van der Waals surface area contributed by atoms with Gasteiger partial charge in [-0.25, -0.2) is 4.98 Å². The van der Waals surface area contributed by atoms with Crippen LogP contribution in [0.15, 0.2) is 34.9 Å². The van der Waals surface area contributed by atoms with Crippen LogP contribution in [0.2, 0.25) is 0 Å². The summed E-state index contributed by atoms with van der Waals surface area (Å²) in [5, 5.41) is 7.72. The number of piperidine rings is 1. The second-order valence-electron chi connectivity index (χ2n) is 8.49. The molecule has 2 aromatic heterocycles. The van der Waals surface area contributed by atoms with Crippen molar-refractivity contribution < 1.29 is 18.8 Å². The highest BCUT2D eigenvalue weighted by Gasteiger charge is 2.33. The van der Waals surface area contributed by atoms with Gasteiger partial charge >= 0.3 is 0 Å². The molecule has 32 heavy (non-hydrogen) atoms. The highest BCUT2D eigenvalue weighted by molar-refractivity contribution is 6.06. The zero-order valence-electron chi connectivity index (χ0n) is 18.3. The standard InChI is InChI=1S/C24H26N4O4/c1-25-22(29)17-12-18(14-9-10-14)26-23-20(17)21(27-32-23)15-6-5-11-28(13-15)24(30)16-7-3-4-8-19(16)31-2/h3-4,7-8,12,14-15H,5-6,9-11,13H2,1-2H3,(H,25,29). The molecule has 1 atom stereocenters. The van der Waals surface area contributed by atoms with E-state index in [0.29, 0.717) is 52.7 Å². The summed E-state index contributed by atoms with van der Waals surface area (Å²) in [5.74, 6) is 0.660. The summed E-state index contributed by atoms with van der Waals surface area (Å²) >= 11 is 0. The molecular formula is C24H26N4O4.